The maximum Gasteiger partial charge on any atom is 0.311 e. The standard InChI is InChI=1S/C20H23F2N3O4.C2H2/c1-11-13(5-4-6-14(11)18(21)22)10-23-19-17(20-28-7-8-29-20)15(9-16(26)27-3)24-12(2)25-19;1-2/h4-6,18,20H,7-10H2,1-3H3,(H,23,24,25);1-2H. The summed E-state index contributed by atoms with van der Waals surface area (Å²) in [6.45, 7) is 4.45. The van der Waals surface area contributed by atoms with Crippen LogP contribution in [0.4, 0.5) is 14.6 Å². The van der Waals surface area contributed by atoms with Crippen LogP contribution in [0.5, 0.6) is 0 Å². The van der Waals surface area contributed by atoms with Crippen molar-refractivity contribution in [1.82, 2.24) is 9.97 Å². The Morgan fingerprint density at radius 1 is 1.26 bits per heavy atom. The van der Waals surface area contributed by atoms with E-state index >= 15 is 0 Å². The van der Waals surface area contributed by atoms with Gasteiger partial charge in [0.25, 0.3) is 6.43 Å². The molecule has 0 unspecified atom stereocenters. The number of halogens is 2. The van der Waals surface area contributed by atoms with Gasteiger partial charge >= 0.3 is 5.97 Å². The molecule has 1 aliphatic heterocycles. The summed E-state index contributed by atoms with van der Waals surface area (Å²) in [7, 11) is 1.30. The first-order valence-corrected chi connectivity index (χ1v) is 9.52. The molecule has 7 nitrogen and oxygen atoms in total. The predicted octanol–water partition coefficient (Wildman–Crippen LogP) is 3.65. The third kappa shape index (κ3) is 5.96. The summed E-state index contributed by atoms with van der Waals surface area (Å²) in [6.07, 6.45) is 4.68. The lowest BCUT2D eigenvalue weighted by Crippen LogP contribution is -2.17. The highest BCUT2D eigenvalue weighted by molar-refractivity contribution is 5.73. The van der Waals surface area contributed by atoms with Gasteiger partial charge < -0.3 is 19.5 Å². The van der Waals surface area contributed by atoms with Crippen LogP contribution in [-0.4, -0.2) is 36.3 Å². The summed E-state index contributed by atoms with van der Waals surface area (Å²) in [5.74, 6) is 0.435. The van der Waals surface area contributed by atoms with Crippen molar-refractivity contribution in [1.29, 1.82) is 0 Å². The van der Waals surface area contributed by atoms with Crippen molar-refractivity contribution in [2.45, 2.75) is 39.5 Å². The van der Waals surface area contributed by atoms with Crippen molar-refractivity contribution in [2.75, 3.05) is 25.6 Å². The summed E-state index contributed by atoms with van der Waals surface area (Å²) < 4.78 is 42.3. The fourth-order valence-electron chi connectivity index (χ4n) is 3.20. The smallest absolute Gasteiger partial charge is 0.311 e. The van der Waals surface area contributed by atoms with E-state index in [1.807, 2.05) is 0 Å². The highest BCUT2D eigenvalue weighted by Gasteiger charge is 2.28. The topological polar surface area (TPSA) is 82.6 Å². The van der Waals surface area contributed by atoms with Crippen molar-refractivity contribution in [3.8, 4) is 12.8 Å². The van der Waals surface area contributed by atoms with Crippen molar-refractivity contribution in [3.63, 3.8) is 0 Å². The molecule has 1 saturated heterocycles. The summed E-state index contributed by atoms with van der Waals surface area (Å²) in [5.41, 5.74) is 2.19. The monoisotopic (exact) mass is 433 g/mol. The average molecular weight is 433 g/mol. The van der Waals surface area contributed by atoms with Crippen LogP contribution in [-0.2, 0) is 32.0 Å². The molecule has 1 fully saturated rings. The fraction of sp³-hybridized carbons (Fsp3) is 0.409. The minimum atomic E-state index is -2.54. The summed E-state index contributed by atoms with van der Waals surface area (Å²) in [6, 6.07) is 4.79. The van der Waals surface area contributed by atoms with Gasteiger partial charge in [-0.05, 0) is 25.0 Å². The van der Waals surface area contributed by atoms with Crippen LogP contribution >= 0.6 is 0 Å². The van der Waals surface area contributed by atoms with E-state index in [1.54, 1.807) is 26.0 Å². The first-order chi connectivity index (χ1) is 14.9. The molecule has 1 aliphatic rings. The number of alkyl halides is 2. The van der Waals surface area contributed by atoms with Crippen LogP contribution in [0.15, 0.2) is 18.2 Å². The number of hydrogen-bond acceptors (Lipinski definition) is 7. The molecule has 1 N–H and O–H groups in total. The van der Waals surface area contributed by atoms with Gasteiger partial charge in [-0.1, -0.05) is 18.2 Å². The highest BCUT2D eigenvalue weighted by Crippen LogP contribution is 2.32. The number of rotatable bonds is 7. The van der Waals surface area contributed by atoms with E-state index in [0.29, 0.717) is 47.2 Å². The second-order valence-electron chi connectivity index (χ2n) is 6.59. The fourth-order valence-corrected chi connectivity index (χ4v) is 3.20. The number of benzene rings is 1. The van der Waals surface area contributed by atoms with Crippen molar-refractivity contribution < 1.29 is 27.8 Å². The highest BCUT2D eigenvalue weighted by atomic mass is 19.3. The number of carbonyl (C=O) groups is 1. The molecular formula is C22H25F2N3O4. The molecule has 2 aromatic rings. The first kappa shape index (κ1) is 24.2. The largest absolute Gasteiger partial charge is 0.469 e. The number of ether oxygens (including phenoxy) is 3. The maximum absolute atomic E-state index is 13.2. The molecule has 2 heterocycles. The number of hydrogen-bond donors (Lipinski definition) is 1. The normalized spacial score (nSPS) is 13.5. The quantitative estimate of drug-likeness (QED) is 0.527. The van der Waals surface area contributed by atoms with E-state index in [0.717, 1.165) is 0 Å². The minimum absolute atomic E-state index is 0.00256. The van der Waals surface area contributed by atoms with Crippen LogP contribution in [0.25, 0.3) is 0 Å². The van der Waals surface area contributed by atoms with E-state index in [1.165, 1.54) is 13.2 Å². The Bertz CT molecular complexity index is 928. The van der Waals surface area contributed by atoms with Gasteiger partial charge in [0.15, 0.2) is 6.29 Å². The molecule has 0 saturated carbocycles. The number of aryl methyl sites for hydroxylation is 1. The van der Waals surface area contributed by atoms with Gasteiger partial charge in [0.2, 0.25) is 0 Å². The molecule has 1 aromatic carbocycles. The number of carbonyl (C=O) groups excluding carboxylic acids is 1. The van der Waals surface area contributed by atoms with Crippen LogP contribution in [0, 0.1) is 26.7 Å². The zero-order chi connectivity index (χ0) is 23.0. The Morgan fingerprint density at radius 2 is 1.94 bits per heavy atom. The number of nitrogens with zero attached hydrogens (tertiary/aromatic N) is 2. The van der Waals surface area contributed by atoms with Crippen molar-refractivity contribution >= 4 is 11.8 Å². The van der Waals surface area contributed by atoms with E-state index < -0.39 is 18.7 Å². The summed E-state index contributed by atoms with van der Waals surface area (Å²) >= 11 is 0. The number of terminal acetylenes is 1. The molecule has 0 bridgehead atoms. The lowest BCUT2D eigenvalue weighted by molar-refractivity contribution is -0.139. The summed E-state index contributed by atoms with van der Waals surface area (Å²) in [4.78, 5) is 20.6. The van der Waals surface area contributed by atoms with Crippen molar-refractivity contribution in [3.05, 3.63) is 52.0 Å². The minimum Gasteiger partial charge on any atom is -0.469 e. The predicted molar refractivity (Wildman–Crippen MR) is 110 cm³/mol. The van der Waals surface area contributed by atoms with Gasteiger partial charge in [-0.25, -0.2) is 18.7 Å². The van der Waals surface area contributed by atoms with Gasteiger partial charge in [-0.3, -0.25) is 4.79 Å². The van der Waals surface area contributed by atoms with Crippen LogP contribution in [0.2, 0.25) is 0 Å². The van der Waals surface area contributed by atoms with Gasteiger partial charge in [0.05, 0.1) is 38.0 Å². The molecule has 0 amide bonds. The van der Waals surface area contributed by atoms with Gasteiger partial charge in [0, 0.05) is 12.1 Å². The van der Waals surface area contributed by atoms with Crippen molar-refractivity contribution in [2.24, 2.45) is 0 Å². The number of esters is 1. The Morgan fingerprint density at radius 3 is 2.55 bits per heavy atom. The molecule has 0 radical (unpaired) electrons. The molecule has 3 rings (SSSR count). The third-order valence-corrected chi connectivity index (χ3v) is 4.70. The van der Waals surface area contributed by atoms with E-state index in [-0.39, 0.29) is 18.5 Å². The zero-order valence-electron chi connectivity index (χ0n) is 17.7. The van der Waals surface area contributed by atoms with Gasteiger partial charge in [-0.2, -0.15) is 0 Å². The molecule has 0 atom stereocenters. The maximum atomic E-state index is 13.2. The summed E-state index contributed by atoms with van der Waals surface area (Å²) in [5, 5.41) is 3.18. The Labute approximate surface area is 180 Å². The van der Waals surface area contributed by atoms with E-state index in [4.69, 9.17) is 14.2 Å². The number of nitrogens with one attached hydrogen (secondary N) is 1. The Hall–Kier alpha value is -3.09. The second-order valence-corrected chi connectivity index (χ2v) is 6.59. The molecular weight excluding hydrogens is 408 g/mol. The molecule has 0 aliphatic carbocycles. The van der Waals surface area contributed by atoms with E-state index in [9.17, 15) is 13.6 Å². The second kappa shape index (κ2) is 11.3. The molecule has 0 spiro atoms. The molecule has 31 heavy (non-hydrogen) atoms. The SMILES string of the molecule is C#C.COC(=O)Cc1nc(C)nc(NCc2cccc(C(F)F)c2C)c1C1OCCO1. The van der Waals surface area contributed by atoms with E-state index in [2.05, 4.69) is 28.1 Å². The van der Waals surface area contributed by atoms with Crippen LogP contribution in [0.1, 0.15) is 46.5 Å². The molecule has 1 aromatic heterocycles. The number of aromatic nitrogens is 2. The number of methoxy groups -OCH3 is 1. The third-order valence-electron chi connectivity index (χ3n) is 4.70. The zero-order valence-corrected chi connectivity index (χ0v) is 17.7. The lowest BCUT2D eigenvalue weighted by Gasteiger charge is -2.19. The average Bonchev–Trinajstić information content (AvgIpc) is 3.28. The van der Waals surface area contributed by atoms with Gasteiger partial charge in [0.1, 0.15) is 11.6 Å². The van der Waals surface area contributed by atoms with Gasteiger partial charge in [-0.15, -0.1) is 12.8 Å². The van der Waals surface area contributed by atoms with Crippen LogP contribution in [0.3, 0.4) is 0 Å². The Kier molecular flexibility index (Phi) is 8.85. The first-order valence-electron chi connectivity index (χ1n) is 9.52. The molecule has 9 heteroatoms. The van der Waals surface area contributed by atoms with Crippen LogP contribution < -0.4 is 5.32 Å². The Balaban J connectivity index is 0.00000166. The number of anilines is 1. The molecule has 166 valence electrons. The lowest BCUT2D eigenvalue weighted by atomic mass is 10.0.